The third-order valence-electron chi connectivity index (χ3n) is 3.53. The van der Waals surface area contributed by atoms with Gasteiger partial charge in [-0.1, -0.05) is 0 Å². The predicted molar refractivity (Wildman–Crippen MR) is 82.9 cm³/mol. The molecule has 0 unspecified atom stereocenters. The molecule has 6 nitrogen and oxygen atoms in total. The fourth-order valence-electron chi connectivity index (χ4n) is 2.41. The molecule has 112 valence electrons. The van der Waals surface area contributed by atoms with Crippen LogP contribution in [0.15, 0.2) is 17.6 Å². The number of piperazine rings is 1. The maximum atomic E-state index is 5.15. The van der Waals surface area contributed by atoms with Gasteiger partial charge in [-0.05, 0) is 6.92 Å². The van der Waals surface area contributed by atoms with Crippen LogP contribution in [0.25, 0.3) is 0 Å². The van der Waals surface area contributed by atoms with Gasteiger partial charge in [0, 0.05) is 50.4 Å². The normalized spacial score (nSPS) is 16.2. The van der Waals surface area contributed by atoms with Gasteiger partial charge >= 0.3 is 0 Å². The van der Waals surface area contributed by atoms with Crippen LogP contribution in [0.3, 0.4) is 0 Å². The average Bonchev–Trinajstić information content (AvgIpc) is 2.93. The SMILES string of the molecule is COc1ccnc(N2CCN(Cc3csc(C)n3)CC2)n1. The zero-order valence-corrected chi connectivity index (χ0v) is 13.1. The Morgan fingerprint density at radius 2 is 2.05 bits per heavy atom. The minimum Gasteiger partial charge on any atom is -0.481 e. The zero-order chi connectivity index (χ0) is 14.7. The van der Waals surface area contributed by atoms with Crippen LogP contribution in [0, 0.1) is 6.92 Å². The van der Waals surface area contributed by atoms with E-state index in [1.54, 1.807) is 30.7 Å². The number of methoxy groups -OCH3 is 1. The molecule has 1 fully saturated rings. The molecule has 2 aromatic heterocycles. The Morgan fingerprint density at radius 1 is 1.24 bits per heavy atom. The second kappa shape index (κ2) is 6.36. The lowest BCUT2D eigenvalue weighted by atomic mass is 10.3. The summed E-state index contributed by atoms with van der Waals surface area (Å²) in [4.78, 5) is 17.9. The summed E-state index contributed by atoms with van der Waals surface area (Å²) < 4.78 is 5.15. The highest BCUT2D eigenvalue weighted by molar-refractivity contribution is 7.09. The monoisotopic (exact) mass is 305 g/mol. The van der Waals surface area contributed by atoms with Crippen LogP contribution < -0.4 is 9.64 Å². The standard InChI is InChI=1S/C14H19N5OS/c1-11-16-12(10-21-11)9-18-5-7-19(8-6-18)14-15-4-3-13(17-14)20-2/h3-4,10H,5-9H2,1-2H3. The smallest absolute Gasteiger partial charge is 0.228 e. The van der Waals surface area contributed by atoms with Crippen molar-refractivity contribution in [3.63, 3.8) is 0 Å². The molecule has 3 rings (SSSR count). The van der Waals surface area contributed by atoms with E-state index in [4.69, 9.17) is 4.74 Å². The summed E-state index contributed by atoms with van der Waals surface area (Å²) in [6.07, 6.45) is 1.74. The van der Waals surface area contributed by atoms with Gasteiger partial charge in [-0.2, -0.15) is 4.98 Å². The van der Waals surface area contributed by atoms with E-state index in [-0.39, 0.29) is 0 Å². The van der Waals surface area contributed by atoms with Crippen molar-refractivity contribution in [2.75, 3.05) is 38.2 Å². The van der Waals surface area contributed by atoms with Crippen molar-refractivity contribution < 1.29 is 4.74 Å². The molecule has 1 aliphatic rings. The summed E-state index contributed by atoms with van der Waals surface area (Å²) in [6, 6.07) is 1.77. The second-order valence-electron chi connectivity index (χ2n) is 5.02. The lowest BCUT2D eigenvalue weighted by Gasteiger charge is -2.34. The van der Waals surface area contributed by atoms with E-state index in [9.17, 15) is 0 Å². The van der Waals surface area contributed by atoms with Gasteiger partial charge in [0.15, 0.2) is 0 Å². The topological polar surface area (TPSA) is 54.4 Å². The molecule has 0 spiro atoms. The summed E-state index contributed by atoms with van der Waals surface area (Å²) >= 11 is 1.71. The van der Waals surface area contributed by atoms with E-state index in [1.165, 1.54) is 5.69 Å². The minimum absolute atomic E-state index is 0.611. The van der Waals surface area contributed by atoms with E-state index >= 15 is 0 Å². The van der Waals surface area contributed by atoms with Crippen LogP contribution in [-0.4, -0.2) is 53.1 Å². The molecule has 0 radical (unpaired) electrons. The summed E-state index contributed by atoms with van der Waals surface area (Å²) in [5.41, 5.74) is 1.17. The van der Waals surface area contributed by atoms with Gasteiger partial charge in [0.05, 0.1) is 17.8 Å². The highest BCUT2D eigenvalue weighted by Crippen LogP contribution is 2.16. The summed E-state index contributed by atoms with van der Waals surface area (Å²) in [6.45, 7) is 6.82. The maximum Gasteiger partial charge on any atom is 0.228 e. The highest BCUT2D eigenvalue weighted by atomic mass is 32.1. The molecule has 0 aliphatic carbocycles. The Morgan fingerprint density at radius 3 is 2.71 bits per heavy atom. The van der Waals surface area contributed by atoms with Crippen LogP contribution in [0.1, 0.15) is 10.7 Å². The number of thiazole rings is 1. The quantitative estimate of drug-likeness (QED) is 0.855. The van der Waals surface area contributed by atoms with Crippen molar-refractivity contribution in [1.82, 2.24) is 19.9 Å². The Hall–Kier alpha value is -1.73. The Labute approximate surface area is 128 Å². The van der Waals surface area contributed by atoms with Gasteiger partial charge < -0.3 is 9.64 Å². The molecule has 21 heavy (non-hydrogen) atoms. The van der Waals surface area contributed by atoms with Crippen molar-refractivity contribution in [3.05, 3.63) is 28.3 Å². The third-order valence-corrected chi connectivity index (χ3v) is 4.36. The first-order valence-corrected chi connectivity index (χ1v) is 7.88. The second-order valence-corrected chi connectivity index (χ2v) is 6.08. The molecule has 3 heterocycles. The van der Waals surface area contributed by atoms with Crippen molar-refractivity contribution in [3.8, 4) is 5.88 Å². The molecule has 0 saturated carbocycles. The molecule has 0 N–H and O–H groups in total. The summed E-state index contributed by atoms with van der Waals surface area (Å²) in [5.74, 6) is 1.36. The number of anilines is 1. The first-order chi connectivity index (χ1) is 10.2. The van der Waals surface area contributed by atoms with Crippen molar-refractivity contribution in [1.29, 1.82) is 0 Å². The molecule has 0 amide bonds. The van der Waals surface area contributed by atoms with E-state index in [0.717, 1.165) is 43.7 Å². The number of aromatic nitrogens is 3. The number of aryl methyl sites for hydroxylation is 1. The third kappa shape index (κ3) is 3.48. The number of hydrogen-bond donors (Lipinski definition) is 0. The summed E-state index contributed by atoms with van der Waals surface area (Å²) in [7, 11) is 1.62. The Kier molecular flexibility index (Phi) is 4.31. The summed E-state index contributed by atoms with van der Waals surface area (Å²) in [5, 5.41) is 3.28. The largest absolute Gasteiger partial charge is 0.481 e. The van der Waals surface area contributed by atoms with Gasteiger partial charge in [-0.3, -0.25) is 4.90 Å². The fraction of sp³-hybridized carbons (Fsp3) is 0.500. The van der Waals surface area contributed by atoms with Crippen LogP contribution in [0.2, 0.25) is 0 Å². The molecule has 0 bridgehead atoms. The molecule has 0 atom stereocenters. The van der Waals surface area contributed by atoms with Crippen LogP contribution in [-0.2, 0) is 6.54 Å². The molecule has 1 aliphatic heterocycles. The average molecular weight is 305 g/mol. The lowest BCUT2D eigenvalue weighted by molar-refractivity contribution is 0.246. The van der Waals surface area contributed by atoms with Gasteiger partial charge in [0.1, 0.15) is 0 Å². The van der Waals surface area contributed by atoms with Crippen molar-refractivity contribution >= 4 is 17.3 Å². The Bertz CT molecular complexity index is 595. The van der Waals surface area contributed by atoms with Gasteiger partial charge in [0.2, 0.25) is 11.8 Å². The minimum atomic E-state index is 0.611. The van der Waals surface area contributed by atoms with Crippen LogP contribution >= 0.6 is 11.3 Å². The molecular weight excluding hydrogens is 286 g/mol. The molecule has 1 saturated heterocycles. The van der Waals surface area contributed by atoms with Gasteiger partial charge in [0.25, 0.3) is 0 Å². The zero-order valence-electron chi connectivity index (χ0n) is 12.3. The first kappa shape index (κ1) is 14.2. The fourth-order valence-corrected chi connectivity index (χ4v) is 3.02. The van der Waals surface area contributed by atoms with E-state index in [2.05, 4.69) is 30.1 Å². The molecule has 7 heteroatoms. The number of hydrogen-bond acceptors (Lipinski definition) is 7. The lowest BCUT2D eigenvalue weighted by Crippen LogP contribution is -2.46. The number of nitrogens with zero attached hydrogens (tertiary/aromatic N) is 5. The molecule has 2 aromatic rings. The van der Waals surface area contributed by atoms with Gasteiger partial charge in [-0.25, -0.2) is 9.97 Å². The van der Waals surface area contributed by atoms with E-state index in [1.807, 2.05) is 6.92 Å². The van der Waals surface area contributed by atoms with E-state index in [0.29, 0.717) is 5.88 Å². The Balaban J connectivity index is 1.57. The number of rotatable bonds is 4. The van der Waals surface area contributed by atoms with Crippen LogP contribution in [0.5, 0.6) is 5.88 Å². The first-order valence-electron chi connectivity index (χ1n) is 7.00. The van der Waals surface area contributed by atoms with Crippen LogP contribution in [0.4, 0.5) is 5.95 Å². The molecule has 0 aromatic carbocycles. The predicted octanol–water partition coefficient (Wildman–Crippen LogP) is 1.57. The highest BCUT2D eigenvalue weighted by Gasteiger charge is 2.19. The van der Waals surface area contributed by atoms with Crippen molar-refractivity contribution in [2.24, 2.45) is 0 Å². The molecular formula is C14H19N5OS. The van der Waals surface area contributed by atoms with Crippen molar-refractivity contribution in [2.45, 2.75) is 13.5 Å². The van der Waals surface area contributed by atoms with Gasteiger partial charge in [-0.15, -0.1) is 11.3 Å². The van der Waals surface area contributed by atoms with E-state index < -0.39 is 0 Å². The number of ether oxygens (including phenoxy) is 1. The maximum absolute atomic E-state index is 5.15.